The third-order valence-electron chi connectivity index (χ3n) is 4.20. The fourth-order valence-electron chi connectivity index (χ4n) is 2.70. The summed E-state index contributed by atoms with van der Waals surface area (Å²) < 4.78 is 57.6. The van der Waals surface area contributed by atoms with Gasteiger partial charge in [-0.3, -0.25) is 0 Å². The minimum atomic E-state index is -3.66. The Morgan fingerprint density at radius 3 is 2.40 bits per heavy atom. The molecule has 2 rings (SSSR count). The number of hydrogen-bond donors (Lipinski definition) is 1. The van der Waals surface area contributed by atoms with Crippen molar-refractivity contribution < 1.29 is 21.6 Å². The average Bonchev–Trinajstić information content (AvgIpc) is 3.06. The molecule has 1 atom stereocenters. The highest BCUT2D eigenvalue weighted by atomic mass is 32.2. The number of rotatable bonds is 9. The zero-order valence-corrected chi connectivity index (χ0v) is 16.3. The molecular formula is C16H26N2O5S2. The third-order valence-corrected chi connectivity index (χ3v) is 6.94. The van der Waals surface area contributed by atoms with Crippen LogP contribution in [0.25, 0.3) is 0 Å². The van der Waals surface area contributed by atoms with Crippen LogP contribution in [0.5, 0.6) is 0 Å². The Labute approximate surface area is 150 Å². The second kappa shape index (κ2) is 8.59. The highest BCUT2D eigenvalue weighted by molar-refractivity contribution is 7.89. The summed E-state index contributed by atoms with van der Waals surface area (Å²) in [6.45, 7) is 2.98. The minimum Gasteiger partial charge on any atom is -0.377 e. The summed E-state index contributed by atoms with van der Waals surface area (Å²) in [5.41, 5.74) is 1.05. The van der Waals surface area contributed by atoms with Gasteiger partial charge in [0.25, 0.3) is 0 Å². The lowest BCUT2D eigenvalue weighted by atomic mass is 10.2. The number of aryl methyl sites for hydroxylation is 1. The van der Waals surface area contributed by atoms with Crippen molar-refractivity contribution >= 4 is 20.0 Å². The van der Waals surface area contributed by atoms with Crippen molar-refractivity contribution in [1.82, 2.24) is 9.03 Å². The molecule has 0 aromatic heterocycles. The van der Waals surface area contributed by atoms with Crippen LogP contribution in [0.2, 0.25) is 0 Å². The molecule has 1 saturated heterocycles. The molecule has 0 aliphatic carbocycles. The first-order chi connectivity index (χ1) is 11.7. The third kappa shape index (κ3) is 6.03. The summed E-state index contributed by atoms with van der Waals surface area (Å²) in [5, 5.41) is 0. The quantitative estimate of drug-likeness (QED) is 0.678. The molecule has 0 spiro atoms. The topological polar surface area (TPSA) is 92.8 Å². The van der Waals surface area contributed by atoms with Crippen LogP contribution in [0.1, 0.15) is 25.3 Å². The number of benzene rings is 1. The highest BCUT2D eigenvalue weighted by Crippen LogP contribution is 2.15. The van der Waals surface area contributed by atoms with Crippen LogP contribution in [0.3, 0.4) is 0 Å². The first-order valence-corrected chi connectivity index (χ1v) is 11.7. The Morgan fingerprint density at radius 2 is 1.88 bits per heavy atom. The zero-order valence-electron chi connectivity index (χ0n) is 14.6. The molecule has 1 fully saturated rings. The molecule has 142 valence electrons. The van der Waals surface area contributed by atoms with Crippen LogP contribution < -0.4 is 4.72 Å². The maximum atomic E-state index is 12.3. The molecule has 1 aliphatic heterocycles. The molecule has 1 aromatic carbocycles. The molecule has 1 unspecified atom stereocenters. The van der Waals surface area contributed by atoms with Crippen LogP contribution in [0.15, 0.2) is 29.2 Å². The molecule has 25 heavy (non-hydrogen) atoms. The van der Waals surface area contributed by atoms with E-state index in [2.05, 4.69) is 4.72 Å². The van der Waals surface area contributed by atoms with E-state index >= 15 is 0 Å². The van der Waals surface area contributed by atoms with Crippen LogP contribution in [0, 0.1) is 0 Å². The Balaban J connectivity index is 1.95. The Hall–Kier alpha value is -1.00. The summed E-state index contributed by atoms with van der Waals surface area (Å²) >= 11 is 0. The van der Waals surface area contributed by atoms with Gasteiger partial charge in [0.2, 0.25) is 20.0 Å². The number of nitrogens with one attached hydrogen (secondary N) is 1. The lowest BCUT2D eigenvalue weighted by Crippen LogP contribution is -2.41. The van der Waals surface area contributed by atoms with Gasteiger partial charge in [-0.05, 0) is 37.0 Å². The lowest BCUT2D eigenvalue weighted by molar-refractivity contribution is 0.0943. The van der Waals surface area contributed by atoms with Gasteiger partial charge in [0.1, 0.15) is 0 Å². The van der Waals surface area contributed by atoms with Crippen LogP contribution in [-0.2, 0) is 31.2 Å². The molecule has 1 aliphatic rings. The predicted octanol–water partition coefficient (Wildman–Crippen LogP) is 0.968. The van der Waals surface area contributed by atoms with Crippen molar-refractivity contribution in [2.24, 2.45) is 0 Å². The van der Waals surface area contributed by atoms with E-state index in [9.17, 15) is 16.8 Å². The Kier molecular flexibility index (Phi) is 6.98. The molecule has 1 heterocycles. The van der Waals surface area contributed by atoms with E-state index < -0.39 is 20.0 Å². The van der Waals surface area contributed by atoms with E-state index in [0.29, 0.717) is 6.61 Å². The summed E-state index contributed by atoms with van der Waals surface area (Å²) in [5.74, 6) is 0. The maximum absolute atomic E-state index is 12.3. The zero-order chi connectivity index (χ0) is 18.5. The minimum absolute atomic E-state index is 0.0116. The first-order valence-electron chi connectivity index (χ1n) is 8.37. The van der Waals surface area contributed by atoms with Gasteiger partial charge in [0.15, 0.2) is 0 Å². The number of sulfonamides is 2. The van der Waals surface area contributed by atoms with Gasteiger partial charge in [0, 0.05) is 26.2 Å². The standard InChI is InChI=1S/C16H26N2O5S2/c1-3-14-6-8-16(9-7-14)25(21,22)17-10-11-18(24(2,19)20)13-15-5-4-12-23-15/h6-9,15,17H,3-5,10-13H2,1-2H3. The molecule has 7 nitrogen and oxygen atoms in total. The number of hydrogen-bond acceptors (Lipinski definition) is 5. The van der Waals surface area contributed by atoms with Crippen LogP contribution in [0.4, 0.5) is 0 Å². The lowest BCUT2D eigenvalue weighted by Gasteiger charge is -2.23. The van der Waals surface area contributed by atoms with E-state index in [4.69, 9.17) is 4.74 Å². The molecule has 0 amide bonds. The average molecular weight is 391 g/mol. The molecule has 1 N–H and O–H groups in total. The van der Waals surface area contributed by atoms with E-state index in [1.54, 1.807) is 24.3 Å². The SMILES string of the molecule is CCc1ccc(S(=O)(=O)NCCN(CC2CCCO2)S(C)(=O)=O)cc1. The summed E-state index contributed by atoms with van der Waals surface area (Å²) in [7, 11) is -7.08. The summed E-state index contributed by atoms with van der Waals surface area (Å²) in [6.07, 6.45) is 3.58. The van der Waals surface area contributed by atoms with Crippen molar-refractivity contribution in [3.8, 4) is 0 Å². The summed E-state index contributed by atoms with van der Waals surface area (Å²) in [6, 6.07) is 6.66. The van der Waals surface area contributed by atoms with Gasteiger partial charge in [-0.25, -0.2) is 21.6 Å². The van der Waals surface area contributed by atoms with Crippen molar-refractivity contribution in [2.75, 3.05) is 32.5 Å². The van der Waals surface area contributed by atoms with Crippen molar-refractivity contribution in [3.05, 3.63) is 29.8 Å². The first kappa shape index (κ1) is 20.3. The second-order valence-electron chi connectivity index (χ2n) is 6.15. The van der Waals surface area contributed by atoms with Crippen LogP contribution in [-0.4, -0.2) is 59.7 Å². The highest BCUT2D eigenvalue weighted by Gasteiger charge is 2.25. The monoisotopic (exact) mass is 390 g/mol. The Bertz CT molecular complexity index is 754. The van der Waals surface area contributed by atoms with Gasteiger partial charge in [-0.2, -0.15) is 4.31 Å². The summed E-state index contributed by atoms with van der Waals surface area (Å²) in [4.78, 5) is 0.176. The van der Waals surface area contributed by atoms with Crippen molar-refractivity contribution in [1.29, 1.82) is 0 Å². The molecule has 0 radical (unpaired) electrons. The van der Waals surface area contributed by atoms with Gasteiger partial charge >= 0.3 is 0 Å². The molecule has 9 heteroatoms. The van der Waals surface area contributed by atoms with E-state index in [-0.39, 0.29) is 30.6 Å². The van der Waals surface area contributed by atoms with E-state index in [1.165, 1.54) is 4.31 Å². The fourth-order valence-corrected chi connectivity index (χ4v) is 4.58. The smallest absolute Gasteiger partial charge is 0.240 e. The van der Waals surface area contributed by atoms with Gasteiger partial charge in [-0.15, -0.1) is 0 Å². The van der Waals surface area contributed by atoms with Crippen molar-refractivity contribution in [2.45, 2.75) is 37.2 Å². The van der Waals surface area contributed by atoms with Crippen LogP contribution >= 0.6 is 0 Å². The Morgan fingerprint density at radius 1 is 1.20 bits per heavy atom. The number of nitrogens with zero attached hydrogens (tertiary/aromatic N) is 1. The normalized spacial score (nSPS) is 18.8. The molecule has 1 aromatic rings. The van der Waals surface area contributed by atoms with Gasteiger partial charge < -0.3 is 4.74 Å². The van der Waals surface area contributed by atoms with Gasteiger partial charge in [0.05, 0.1) is 17.3 Å². The molecule has 0 bridgehead atoms. The van der Waals surface area contributed by atoms with E-state index in [1.807, 2.05) is 6.92 Å². The van der Waals surface area contributed by atoms with E-state index in [0.717, 1.165) is 31.1 Å². The van der Waals surface area contributed by atoms with Crippen molar-refractivity contribution in [3.63, 3.8) is 0 Å². The maximum Gasteiger partial charge on any atom is 0.240 e. The number of ether oxygens (including phenoxy) is 1. The fraction of sp³-hybridized carbons (Fsp3) is 0.625. The molecule has 0 saturated carbocycles. The second-order valence-corrected chi connectivity index (χ2v) is 9.90. The van der Waals surface area contributed by atoms with Gasteiger partial charge in [-0.1, -0.05) is 19.1 Å². The molecular weight excluding hydrogens is 364 g/mol. The largest absolute Gasteiger partial charge is 0.377 e. The predicted molar refractivity (Wildman–Crippen MR) is 96.4 cm³/mol.